The van der Waals surface area contributed by atoms with E-state index in [2.05, 4.69) is 50.6 Å². The third-order valence-electron chi connectivity index (χ3n) is 3.24. The molecule has 0 radical (unpaired) electrons. The van der Waals surface area contributed by atoms with Crippen LogP contribution in [0.2, 0.25) is 0 Å². The van der Waals surface area contributed by atoms with Gasteiger partial charge in [0.05, 0.1) is 0 Å². The van der Waals surface area contributed by atoms with Crippen LogP contribution in [0.25, 0.3) is 0 Å². The van der Waals surface area contributed by atoms with E-state index in [4.69, 9.17) is 0 Å². The number of aromatic nitrogens is 1. The van der Waals surface area contributed by atoms with Crippen molar-refractivity contribution in [2.45, 2.75) is 53.1 Å². The first-order chi connectivity index (χ1) is 9.56. The Bertz CT molecular complexity index is 392. The van der Waals surface area contributed by atoms with E-state index in [1.807, 2.05) is 10.8 Å². The van der Waals surface area contributed by atoms with Crippen LogP contribution in [0.15, 0.2) is 18.5 Å². The summed E-state index contributed by atoms with van der Waals surface area (Å²) in [5, 5.41) is 6.44. The quantitative estimate of drug-likeness (QED) is 0.730. The van der Waals surface area contributed by atoms with Crippen molar-refractivity contribution in [3.63, 3.8) is 0 Å². The maximum Gasteiger partial charge on any atom is 0.239 e. The lowest BCUT2D eigenvalue weighted by Gasteiger charge is -2.15. The molecule has 1 aromatic heterocycles. The highest BCUT2D eigenvalue weighted by Gasteiger charge is 2.11. The molecule has 0 aliphatic carbocycles. The van der Waals surface area contributed by atoms with Crippen LogP contribution >= 0.6 is 0 Å². The van der Waals surface area contributed by atoms with E-state index in [9.17, 15) is 4.79 Å². The van der Waals surface area contributed by atoms with E-state index >= 15 is 0 Å². The van der Waals surface area contributed by atoms with Gasteiger partial charge in [-0.25, -0.2) is 0 Å². The lowest BCUT2D eigenvalue weighted by atomic mass is 10.1. The Kier molecular flexibility index (Phi) is 7.37. The summed E-state index contributed by atoms with van der Waals surface area (Å²) in [6.07, 6.45) is 6.34. The zero-order chi connectivity index (χ0) is 15.0. The van der Waals surface area contributed by atoms with E-state index in [0.717, 1.165) is 25.9 Å². The van der Waals surface area contributed by atoms with Gasteiger partial charge in [-0.1, -0.05) is 34.1 Å². The average molecular weight is 279 g/mol. The Morgan fingerprint density at radius 1 is 1.35 bits per heavy atom. The largest absolute Gasteiger partial charge is 0.354 e. The molecule has 0 aliphatic rings. The van der Waals surface area contributed by atoms with Crippen molar-refractivity contribution < 1.29 is 4.79 Å². The van der Waals surface area contributed by atoms with Gasteiger partial charge in [-0.15, -0.1) is 0 Å². The van der Waals surface area contributed by atoms with Crippen LogP contribution in [0.1, 0.15) is 52.1 Å². The molecule has 0 saturated heterocycles. The molecule has 0 aromatic carbocycles. The van der Waals surface area contributed by atoms with Crippen LogP contribution in [-0.4, -0.2) is 23.6 Å². The third-order valence-corrected chi connectivity index (χ3v) is 3.24. The first kappa shape index (κ1) is 16.8. The van der Waals surface area contributed by atoms with Crippen molar-refractivity contribution in [2.75, 3.05) is 13.1 Å². The first-order valence-corrected chi connectivity index (χ1v) is 7.72. The summed E-state index contributed by atoms with van der Waals surface area (Å²) in [6, 6.07) is 2.50. The Balaban J connectivity index is 2.55. The van der Waals surface area contributed by atoms with Gasteiger partial charge in [0.2, 0.25) is 5.91 Å². The van der Waals surface area contributed by atoms with Crippen molar-refractivity contribution in [3.8, 4) is 0 Å². The molecule has 1 atom stereocenters. The van der Waals surface area contributed by atoms with Crippen molar-refractivity contribution in [1.29, 1.82) is 0 Å². The van der Waals surface area contributed by atoms with Gasteiger partial charge >= 0.3 is 0 Å². The van der Waals surface area contributed by atoms with Gasteiger partial charge in [0.15, 0.2) is 0 Å². The minimum absolute atomic E-state index is 0.0799. The molecule has 1 rings (SSSR count). The van der Waals surface area contributed by atoms with Gasteiger partial charge in [-0.3, -0.25) is 4.79 Å². The fourth-order valence-corrected chi connectivity index (χ4v) is 2.23. The molecule has 0 bridgehead atoms. The van der Waals surface area contributed by atoms with Crippen LogP contribution in [0.3, 0.4) is 0 Å². The second-order valence-electron chi connectivity index (χ2n) is 5.71. The fraction of sp³-hybridized carbons (Fsp3) is 0.688. The monoisotopic (exact) mass is 279 g/mol. The van der Waals surface area contributed by atoms with E-state index in [1.54, 1.807) is 0 Å². The second-order valence-corrected chi connectivity index (χ2v) is 5.71. The number of hydrogen-bond donors (Lipinski definition) is 2. The first-order valence-electron chi connectivity index (χ1n) is 7.72. The molecule has 4 nitrogen and oxygen atoms in total. The van der Waals surface area contributed by atoms with Crippen molar-refractivity contribution >= 4 is 5.91 Å². The van der Waals surface area contributed by atoms with Gasteiger partial charge in [0.1, 0.15) is 6.54 Å². The SMILES string of the molecule is CCCC(NCC)c1ccn(CC(=O)NCC(C)C)c1. The molecule has 2 N–H and O–H groups in total. The summed E-state index contributed by atoms with van der Waals surface area (Å²) in [4.78, 5) is 11.8. The number of hydrogen-bond acceptors (Lipinski definition) is 2. The van der Waals surface area contributed by atoms with Gasteiger partial charge in [-0.2, -0.15) is 0 Å². The van der Waals surface area contributed by atoms with Crippen LogP contribution in [0, 0.1) is 5.92 Å². The molecule has 4 heteroatoms. The molecule has 1 aromatic rings. The van der Waals surface area contributed by atoms with Gasteiger partial charge in [0.25, 0.3) is 0 Å². The van der Waals surface area contributed by atoms with E-state index in [-0.39, 0.29) is 5.91 Å². The lowest BCUT2D eigenvalue weighted by Crippen LogP contribution is -2.30. The highest BCUT2D eigenvalue weighted by atomic mass is 16.1. The highest BCUT2D eigenvalue weighted by Crippen LogP contribution is 2.18. The molecule has 0 aliphatic heterocycles. The summed E-state index contributed by atoms with van der Waals surface area (Å²) in [5.74, 6) is 0.568. The number of nitrogens with one attached hydrogen (secondary N) is 2. The van der Waals surface area contributed by atoms with E-state index < -0.39 is 0 Å². The van der Waals surface area contributed by atoms with Gasteiger partial charge < -0.3 is 15.2 Å². The molecule has 0 saturated carbocycles. The summed E-state index contributed by atoms with van der Waals surface area (Å²) >= 11 is 0. The Morgan fingerprint density at radius 2 is 2.10 bits per heavy atom. The summed E-state index contributed by atoms with van der Waals surface area (Å²) in [5.41, 5.74) is 1.27. The smallest absolute Gasteiger partial charge is 0.239 e. The number of carbonyl (C=O) groups excluding carboxylic acids is 1. The molecule has 114 valence electrons. The Morgan fingerprint density at radius 3 is 2.70 bits per heavy atom. The number of carbonyl (C=O) groups is 1. The topological polar surface area (TPSA) is 46.1 Å². The van der Waals surface area contributed by atoms with E-state index in [1.165, 1.54) is 5.56 Å². The van der Waals surface area contributed by atoms with Crippen LogP contribution < -0.4 is 10.6 Å². The normalized spacial score (nSPS) is 12.7. The molecular weight excluding hydrogens is 250 g/mol. The molecule has 20 heavy (non-hydrogen) atoms. The number of amides is 1. The standard InChI is InChI=1S/C16H29N3O/c1-5-7-15(17-6-2)14-8-9-19(11-14)12-16(20)18-10-13(3)4/h8-9,11,13,15,17H,5-7,10,12H2,1-4H3,(H,18,20). The molecule has 0 spiro atoms. The number of nitrogens with zero attached hydrogens (tertiary/aromatic N) is 1. The van der Waals surface area contributed by atoms with Crippen LogP contribution in [0.5, 0.6) is 0 Å². The van der Waals surface area contributed by atoms with Gasteiger partial charge in [0, 0.05) is 25.0 Å². The zero-order valence-electron chi connectivity index (χ0n) is 13.3. The minimum atomic E-state index is 0.0799. The van der Waals surface area contributed by atoms with Crippen LogP contribution in [-0.2, 0) is 11.3 Å². The summed E-state index contributed by atoms with van der Waals surface area (Å²) in [6.45, 7) is 10.6. The van der Waals surface area contributed by atoms with Crippen LogP contribution in [0.4, 0.5) is 0 Å². The molecule has 0 fully saturated rings. The minimum Gasteiger partial charge on any atom is -0.354 e. The molecular formula is C16H29N3O. The van der Waals surface area contributed by atoms with Crippen molar-refractivity contribution in [2.24, 2.45) is 5.92 Å². The number of rotatable bonds is 9. The summed E-state index contributed by atoms with van der Waals surface area (Å²) in [7, 11) is 0. The highest BCUT2D eigenvalue weighted by molar-refractivity contribution is 5.75. The maximum absolute atomic E-state index is 11.8. The predicted molar refractivity (Wildman–Crippen MR) is 83.6 cm³/mol. The lowest BCUT2D eigenvalue weighted by molar-refractivity contribution is -0.121. The second kappa shape index (κ2) is 8.80. The third kappa shape index (κ3) is 5.78. The molecule has 1 amide bonds. The average Bonchev–Trinajstić information content (AvgIpc) is 2.84. The van der Waals surface area contributed by atoms with Gasteiger partial charge in [-0.05, 0) is 30.5 Å². The molecule has 1 unspecified atom stereocenters. The maximum atomic E-state index is 11.8. The van der Waals surface area contributed by atoms with Crippen molar-refractivity contribution in [1.82, 2.24) is 15.2 Å². The predicted octanol–water partition coefficient (Wildman–Crippen LogP) is 2.71. The Hall–Kier alpha value is -1.29. The van der Waals surface area contributed by atoms with Crippen molar-refractivity contribution in [3.05, 3.63) is 24.0 Å². The fourth-order valence-electron chi connectivity index (χ4n) is 2.23. The zero-order valence-corrected chi connectivity index (χ0v) is 13.3. The Labute approximate surface area is 122 Å². The van der Waals surface area contributed by atoms with E-state index in [0.29, 0.717) is 18.5 Å². The molecule has 1 heterocycles. The summed E-state index contributed by atoms with van der Waals surface area (Å²) < 4.78 is 1.96.